The summed E-state index contributed by atoms with van der Waals surface area (Å²) in [4.78, 5) is 14.1. The van der Waals surface area contributed by atoms with Crippen LogP contribution in [-0.4, -0.2) is 43.0 Å². The third kappa shape index (κ3) is 3.12. The summed E-state index contributed by atoms with van der Waals surface area (Å²) < 4.78 is 0. The molecule has 4 atom stereocenters. The fraction of sp³-hybridized carbons (Fsp3) is 0.765. The van der Waals surface area contributed by atoms with Crippen molar-refractivity contribution in [2.75, 3.05) is 26.2 Å². The molecule has 0 aromatic heterocycles. The van der Waals surface area contributed by atoms with E-state index in [1.165, 1.54) is 25.7 Å². The van der Waals surface area contributed by atoms with Crippen LogP contribution in [0.1, 0.15) is 32.6 Å². The van der Waals surface area contributed by atoms with E-state index < -0.39 is 0 Å². The van der Waals surface area contributed by atoms with Crippen LogP contribution in [0.2, 0.25) is 0 Å². The summed E-state index contributed by atoms with van der Waals surface area (Å²) in [6.07, 6.45) is 7.09. The fourth-order valence-electron chi connectivity index (χ4n) is 4.42. The molecule has 0 aromatic rings. The van der Waals surface area contributed by atoms with E-state index in [0.29, 0.717) is 25.0 Å². The number of rotatable bonds is 4. The van der Waals surface area contributed by atoms with Crippen LogP contribution in [0, 0.1) is 29.1 Å². The first kappa shape index (κ1) is 15.4. The van der Waals surface area contributed by atoms with Crippen LogP contribution in [-0.2, 0) is 4.79 Å². The molecule has 2 saturated carbocycles. The second-order valence-corrected chi connectivity index (χ2v) is 7.01. The molecule has 3 aliphatic rings. The van der Waals surface area contributed by atoms with Crippen molar-refractivity contribution in [3.63, 3.8) is 0 Å². The highest BCUT2D eigenvalue weighted by Crippen LogP contribution is 2.49. The van der Waals surface area contributed by atoms with Gasteiger partial charge in [-0.2, -0.15) is 5.26 Å². The summed E-state index contributed by atoms with van der Waals surface area (Å²) in [7, 11) is 0. The molecule has 5 nitrogen and oxygen atoms in total. The van der Waals surface area contributed by atoms with E-state index in [9.17, 15) is 10.1 Å². The molecule has 2 bridgehead atoms. The van der Waals surface area contributed by atoms with Crippen LogP contribution in [0.15, 0.2) is 11.8 Å². The minimum atomic E-state index is -0.142. The second-order valence-electron chi connectivity index (χ2n) is 7.01. The summed E-state index contributed by atoms with van der Waals surface area (Å²) in [5.74, 6) is 2.32. The quantitative estimate of drug-likeness (QED) is 0.605. The van der Waals surface area contributed by atoms with Crippen molar-refractivity contribution in [2.24, 2.45) is 17.8 Å². The van der Waals surface area contributed by atoms with Crippen LogP contribution < -0.4 is 10.6 Å². The van der Waals surface area contributed by atoms with Gasteiger partial charge in [0.2, 0.25) is 0 Å². The van der Waals surface area contributed by atoms with Gasteiger partial charge in [-0.25, -0.2) is 0 Å². The maximum atomic E-state index is 12.4. The van der Waals surface area contributed by atoms with E-state index in [4.69, 9.17) is 0 Å². The Morgan fingerprint density at radius 2 is 2.14 bits per heavy atom. The number of piperazine rings is 1. The molecule has 22 heavy (non-hydrogen) atoms. The number of hydrogen-bond donors (Lipinski definition) is 2. The molecule has 5 heteroatoms. The lowest BCUT2D eigenvalue weighted by molar-refractivity contribution is -0.127. The largest absolute Gasteiger partial charge is 0.387 e. The molecule has 2 N–H and O–H groups in total. The Balaban J connectivity index is 1.57. The minimum absolute atomic E-state index is 0.142. The predicted octanol–water partition coefficient (Wildman–Crippen LogP) is 1.24. The zero-order valence-electron chi connectivity index (χ0n) is 13.3. The molecular formula is C17H26N4O. The minimum Gasteiger partial charge on any atom is -0.387 e. The van der Waals surface area contributed by atoms with Gasteiger partial charge in [0.05, 0.1) is 0 Å². The summed E-state index contributed by atoms with van der Waals surface area (Å²) in [6.45, 7) is 5.16. The number of fused-ring (bicyclic) bond motifs is 2. The Hall–Kier alpha value is -1.54. The standard InChI is InChI=1S/C17H26N4O/c1-12(16-9-13-2-3-14(16)8-13)20-11-15(10-18)17(22)21-6-4-19-5-7-21/h11-14,16,19-20H,2-9H2,1H3/b15-11-. The van der Waals surface area contributed by atoms with E-state index in [1.807, 2.05) is 0 Å². The van der Waals surface area contributed by atoms with Gasteiger partial charge >= 0.3 is 0 Å². The van der Waals surface area contributed by atoms with E-state index in [1.54, 1.807) is 11.1 Å². The maximum Gasteiger partial charge on any atom is 0.266 e. The number of nitrogens with one attached hydrogen (secondary N) is 2. The lowest BCUT2D eigenvalue weighted by Gasteiger charge is -2.29. The number of nitriles is 1. The van der Waals surface area contributed by atoms with Gasteiger partial charge < -0.3 is 15.5 Å². The number of nitrogens with zero attached hydrogens (tertiary/aromatic N) is 2. The van der Waals surface area contributed by atoms with Crippen molar-refractivity contribution in [2.45, 2.75) is 38.6 Å². The SMILES string of the molecule is CC(N/C=C(/C#N)C(=O)N1CCNCC1)C1CC2CCC1C2. The van der Waals surface area contributed by atoms with Gasteiger partial charge in [0.15, 0.2) is 0 Å². The van der Waals surface area contributed by atoms with Gasteiger partial charge in [-0.3, -0.25) is 4.79 Å². The molecule has 1 heterocycles. The number of carbonyl (C=O) groups is 1. The third-order valence-corrected chi connectivity index (χ3v) is 5.68. The van der Waals surface area contributed by atoms with Crippen molar-refractivity contribution >= 4 is 5.91 Å². The molecule has 3 rings (SSSR count). The predicted molar refractivity (Wildman–Crippen MR) is 84.7 cm³/mol. The molecule has 1 saturated heterocycles. The van der Waals surface area contributed by atoms with Gasteiger partial charge in [0, 0.05) is 38.4 Å². The molecule has 0 spiro atoms. The third-order valence-electron chi connectivity index (χ3n) is 5.68. The summed E-state index contributed by atoms with van der Waals surface area (Å²) in [5.41, 5.74) is 0.233. The summed E-state index contributed by atoms with van der Waals surface area (Å²) >= 11 is 0. The van der Waals surface area contributed by atoms with Gasteiger partial charge in [-0.05, 0) is 43.9 Å². The molecule has 120 valence electrons. The molecule has 1 aliphatic heterocycles. The zero-order chi connectivity index (χ0) is 15.5. The number of amides is 1. The average Bonchev–Trinajstić information content (AvgIpc) is 3.19. The average molecular weight is 302 g/mol. The highest BCUT2D eigenvalue weighted by Gasteiger charge is 2.41. The Bertz CT molecular complexity index is 489. The second kappa shape index (κ2) is 6.70. The van der Waals surface area contributed by atoms with Gasteiger partial charge in [0.25, 0.3) is 5.91 Å². The molecule has 3 fully saturated rings. The molecule has 1 amide bonds. The van der Waals surface area contributed by atoms with Crippen molar-refractivity contribution in [1.29, 1.82) is 5.26 Å². The summed E-state index contributed by atoms with van der Waals surface area (Å²) in [6, 6.07) is 2.41. The first-order valence-electron chi connectivity index (χ1n) is 8.55. The lowest BCUT2D eigenvalue weighted by Crippen LogP contribution is -2.47. The van der Waals surface area contributed by atoms with Crippen LogP contribution in [0.5, 0.6) is 0 Å². The molecule has 2 aliphatic carbocycles. The van der Waals surface area contributed by atoms with Gasteiger partial charge in [0.1, 0.15) is 11.6 Å². The Kier molecular flexibility index (Phi) is 4.68. The highest BCUT2D eigenvalue weighted by atomic mass is 16.2. The lowest BCUT2D eigenvalue weighted by atomic mass is 9.84. The van der Waals surface area contributed by atoms with Crippen molar-refractivity contribution in [1.82, 2.24) is 15.5 Å². The number of carbonyl (C=O) groups excluding carboxylic acids is 1. The fourth-order valence-corrected chi connectivity index (χ4v) is 4.42. The van der Waals surface area contributed by atoms with E-state index in [-0.39, 0.29) is 11.5 Å². The van der Waals surface area contributed by atoms with Crippen molar-refractivity contribution in [3.05, 3.63) is 11.8 Å². The molecular weight excluding hydrogens is 276 g/mol. The van der Waals surface area contributed by atoms with Crippen LogP contribution in [0.25, 0.3) is 0 Å². The normalized spacial score (nSPS) is 32.6. The van der Waals surface area contributed by atoms with E-state index >= 15 is 0 Å². The summed E-state index contributed by atoms with van der Waals surface area (Å²) in [5, 5.41) is 15.8. The number of hydrogen-bond acceptors (Lipinski definition) is 4. The Labute approximate surface area is 132 Å². The van der Waals surface area contributed by atoms with Gasteiger partial charge in [-0.15, -0.1) is 0 Å². The molecule has 4 unspecified atom stereocenters. The topological polar surface area (TPSA) is 68.2 Å². The monoisotopic (exact) mass is 302 g/mol. The van der Waals surface area contributed by atoms with E-state index in [0.717, 1.165) is 24.9 Å². The van der Waals surface area contributed by atoms with Crippen molar-refractivity contribution in [3.8, 4) is 6.07 Å². The smallest absolute Gasteiger partial charge is 0.266 e. The molecule has 0 radical (unpaired) electrons. The Morgan fingerprint density at radius 1 is 1.36 bits per heavy atom. The molecule has 0 aromatic carbocycles. The first-order valence-corrected chi connectivity index (χ1v) is 8.55. The van der Waals surface area contributed by atoms with E-state index in [2.05, 4.69) is 23.6 Å². The van der Waals surface area contributed by atoms with Gasteiger partial charge in [-0.1, -0.05) is 6.42 Å². The van der Waals surface area contributed by atoms with Crippen LogP contribution in [0.3, 0.4) is 0 Å². The highest BCUT2D eigenvalue weighted by molar-refractivity contribution is 5.97. The van der Waals surface area contributed by atoms with Crippen LogP contribution in [0.4, 0.5) is 0 Å². The Morgan fingerprint density at radius 3 is 2.73 bits per heavy atom. The maximum absolute atomic E-state index is 12.4. The zero-order valence-corrected chi connectivity index (χ0v) is 13.3. The van der Waals surface area contributed by atoms with Crippen molar-refractivity contribution < 1.29 is 4.79 Å². The first-order chi connectivity index (χ1) is 10.7. The van der Waals surface area contributed by atoms with Crippen LogP contribution >= 0.6 is 0 Å².